The van der Waals surface area contributed by atoms with E-state index < -0.39 is 0 Å². The number of carbonyl (C=O) groups is 2. The van der Waals surface area contributed by atoms with Crippen LogP contribution in [0, 0.1) is 0 Å². The maximum Gasteiger partial charge on any atom is 0.337 e. The lowest BCUT2D eigenvalue weighted by Gasteiger charge is -2.33. The van der Waals surface area contributed by atoms with Crippen molar-refractivity contribution in [3.63, 3.8) is 0 Å². The molecule has 0 aliphatic heterocycles. The zero-order valence-electron chi connectivity index (χ0n) is 20.9. The van der Waals surface area contributed by atoms with Crippen LogP contribution in [0.1, 0.15) is 54.2 Å². The Hall–Kier alpha value is -4.18. The molecule has 4 heteroatoms. The highest BCUT2D eigenvalue weighted by molar-refractivity contribution is 5.95. The summed E-state index contributed by atoms with van der Waals surface area (Å²) in [4.78, 5) is 23.1. The summed E-state index contributed by atoms with van der Waals surface area (Å²) in [5, 5.41) is 2.35. The summed E-state index contributed by atoms with van der Waals surface area (Å²) in [6, 6.07) is 26.3. The standard InChI is InChI=1S/C32H28O4/c1-20(33)36-27-13-11-22(12-14-27)28-15-16-32(2,3)30-19-25-10-9-24(17-26(25)18-29(28)30)21-5-7-23(8-6-21)31(34)35-4/h5-15,17-19H,16H2,1-4H3. The SMILES string of the molecule is COC(=O)c1ccc(-c2ccc3cc4c(cc3c2)C(c2ccc(OC(C)=O)cc2)=CCC4(C)C)cc1. The highest BCUT2D eigenvalue weighted by Gasteiger charge is 2.29. The van der Waals surface area contributed by atoms with E-state index in [4.69, 9.17) is 9.47 Å². The largest absolute Gasteiger partial charge is 0.465 e. The van der Waals surface area contributed by atoms with Crippen molar-refractivity contribution in [1.82, 2.24) is 0 Å². The molecule has 0 unspecified atom stereocenters. The van der Waals surface area contributed by atoms with Gasteiger partial charge in [-0.05, 0) is 98.5 Å². The molecule has 0 bridgehead atoms. The molecule has 0 amide bonds. The average Bonchev–Trinajstić information content (AvgIpc) is 2.87. The molecular formula is C32H28O4. The van der Waals surface area contributed by atoms with Crippen molar-refractivity contribution in [1.29, 1.82) is 0 Å². The van der Waals surface area contributed by atoms with Crippen molar-refractivity contribution >= 4 is 28.3 Å². The number of fused-ring (bicyclic) bond motifs is 2. The minimum atomic E-state index is -0.338. The second-order valence-electron chi connectivity index (χ2n) is 9.85. The number of methoxy groups -OCH3 is 1. The molecule has 0 radical (unpaired) electrons. The molecule has 0 heterocycles. The van der Waals surface area contributed by atoms with Crippen LogP contribution in [0.5, 0.6) is 5.75 Å². The predicted octanol–water partition coefficient (Wildman–Crippen LogP) is 7.33. The summed E-state index contributed by atoms with van der Waals surface area (Å²) in [5.41, 5.74) is 7.51. The molecule has 180 valence electrons. The second-order valence-corrected chi connectivity index (χ2v) is 9.85. The Morgan fingerprint density at radius 3 is 2.11 bits per heavy atom. The van der Waals surface area contributed by atoms with Crippen LogP contribution in [0.15, 0.2) is 84.9 Å². The van der Waals surface area contributed by atoms with Gasteiger partial charge in [0.05, 0.1) is 12.7 Å². The van der Waals surface area contributed by atoms with Crippen molar-refractivity contribution in [3.8, 4) is 16.9 Å². The molecule has 5 rings (SSSR count). The zero-order valence-corrected chi connectivity index (χ0v) is 20.9. The van der Waals surface area contributed by atoms with E-state index in [0.717, 1.165) is 28.5 Å². The van der Waals surface area contributed by atoms with Crippen LogP contribution >= 0.6 is 0 Å². The topological polar surface area (TPSA) is 52.6 Å². The third-order valence-corrected chi connectivity index (χ3v) is 6.88. The van der Waals surface area contributed by atoms with E-state index >= 15 is 0 Å². The zero-order chi connectivity index (χ0) is 25.4. The Morgan fingerprint density at radius 2 is 1.44 bits per heavy atom. The molecule has 0 atom stereocenters. The molecule has 0 saturated heterocycles. The monoisotopic (exact) mass is 476 g/mol. The molecule has 4 aromatic rings. The predicted molar refractivity (Wildman–Crippen MR) is 143 cm³/mol. The van der Waals surface area contributed by atoms with Crippen LogP contribution in [0.4, 0.5) is 0 Å². The Labute approximate surface area is 211 Å². The lowest BCUT2D eigenvalue weighted by atomic mass is 9.71. The summed E-state index contributed by atoms with van der Waals surface area (Å²) in [5.74, 6) is -0.118. The minimum absolute atomic E-state index is 0.0209. The fourth-order valence-corrected chi connectivity index (χ4v) is 4.90. The second kappa shape index (κ2) is 9.12. The van der Waals surface area contributed by atoms with Gasteiger partial charge in [0.15, 0.2) is 0 Å². The van der Waals surface area contributed by atoms with E-state index in [9.17, 15) is 9.59 Å². The van der Waals surface area contributed by atoms with E-state index in [1.54, 1.807) is 12.1 Å². The van der Waals surface area contributed by atoms with Gasteiger partial charge in [0.2, 0.25) is 0 Å². The Kier molecular flexibility index (Phi) is 5.97. The van der Waals surface area contributed by atoms with Crippen LogP contribution in [0.2, 0.25) is 0 Å². The fraction of sp³-hybridized carbons (Fsp3) is 0.188. The van der Waals surface area contributed by atoms with Gasteiger partial charge in [-0.25, -0.2) is 4.79 Å². The van der Waals surface area contributed by atoms with E-state index in [0.29, 0.717) is 11.3 Å². The number of esters is 2. The summed E-state index contributed by atoms with van der Waals surface area (Å²) >= 11 is 0. The van der Waals surface area contributed by atoms with E-state index in [1.165, 1.54) is 36.1 Å². The molecule has 36 heavy (non-hydrogen) atoms. The van der Waals surface area contributed by atoms with Gasteiger partial charge in [-0.2, -0.15) is 0 Å². The lowest BCUT2D eigenvalue weighted by Crippen LogP contribution is -2.21. The van der Waals surface area contributed by atoms with Gasteiger partial charge in [-0.3, -0.25) is 4.79 Å². The smallest absolute Gasteiger partial charge is 0.337 e. The minimum Gasteiger partial charge on any atom is -0.465 e. The molecule has 0 spiro atoms. The van der Waals surface area contributed by atoms with Crippen molar-refractivity contribution in [2.24, 2.45) is 0 Å². The number of carbonyl (C=O) groups excluding carboxylic acids is 2. The normalized spacial score (nSPS) is 14.1. The van der Waals surface area contributed by atoms with Crippen LogP contribution < -0.4 is 4.74 Å². The summed E-state index contributed by atoms with van der Waals surface area (Å²) in [7, 11) is 1.39. The third-order valence-electron chi connectivity index (χ3n) is 6.88. The van der Waals surface area contributed by atoms with Gasteiger partial charge in [-0.15, -0.1) is 0 Å². The van der Waals surface area contributed by atoms with Gasteiger partial charge in [0.1, 0.15) is 5.75 Å². The molecule has 0 fully saturated rings. The summed E-state index contributed by atoms with van der Waals surface area (Å²) < 4.78 is 10.0. The molecule has 0 aromatic heterocycles. The third kappa shape index (κ3) is 4.42. The number of benzene rings is 4. The molecule has 1 aliphatic carbocycles. The maximum atomic E-state index is 11.8. The van der Waals surface area contributed by atoms with Crippen LogP contribution in [0.3, 0.4) is 0 Å². The molecular weight excluding hydrogens is 448 g/mol. The van der Waals surface area contributed by atoms with E-state index in [-0.39, 0.29) is 17.4 Å². The maximum absolute atomic E-state index is 11.8. The number of rotatable bonds is 4. The molecule has 0 saturated carbocycles. The number of hydrogen-bond donors (Lipinski definition) is 0. The first-order chi connectivity index (χ1) is 17.2. The molecule has 4 nitrogen and oxygen atoms in total. The fourth-order valence-electron chi connectivity index (χ4n) is 4.90. The molecule has 0 N–H and O–H groups in total. The molecule has 1 aliphatic rings. The Bertz CT molecular complexity index is 1510. The van der Waals surface area contributed by atoms with Gasteiger partial charge in [0, 0.05) is 6.92 Å². The van der Waals surface area contributed by atoms with Gasteiger partial charge in [0.25, 0.3) is 0 Å². The number of hydrogen-bond acceptors (Lipinski definition) is 4. The van der Waals surface area contributed by atoms with E-state index in [1.807, 2.05) is 36.4 Å². The van der Waals surface area contributed by atoms with Crippen molar-refractivity contribution < 1.29 is 19.1 Å². The van der Waals surface area contributed by atoms with Crippen molar-refractivity contribution in [3.05, 3.63) is 107 Å². The van der Waals surface area contributed by atoms with Crippen molar-refractivity contribution in [2.45, 2.75) is 32.6 Å². The highest BCUT2D eigenvalue weighted by Crippen LogP contribution is 2.43. The first-order valence-corrected chi connectivity index (χ1v) is 12.0. The quantitative estimate of drug-likeness (QED) is 0.229. The van der Waals surface area contributed by atoms with Gasteiger partial charge < -0.3 is 9.47 Å². The summed E-state index contributed by atoms with van der Waals surface area (Å²) in [6.45, 7) is 5.97. The molecule has 4 aromatic carbocycles. The van der Waals surface area contributed by atoms with E-state index in [2.05, 4.69) is 50.3 Å². The van der Waals surface area contributed by atoms with Crippen LogP contribution in [-0.2, 0) is 14.9 Å². The first kappa shape index (κ1) is 23.6. The first-order valence-electron chi connectivity index (χ1n) is 12.0. The van der Waals surface area contributed by atoms with Crippen molar-refractivity contribution in [2.75, 3.05) is 7.11 Å². The van der Waals surface area contributed by atoms with Crippen LogP contribution in [-0.4, -0.2) is 19.0 Å². The average molecular weight is 477 g/mol. The Morgan fingerprint density at radius 1 is 0.778 bits per heavy atom. The summed E-state index contributed by atoms with van der Waals surface area (Å²) in [6.07, 6.45) is 3.25. The van der Waals surface area contributed by atoms with Crippen LogP contribution in [0.25, 0.3) is 27.5 Å². The van der Waals surface area contributed by atoms with Gasteiger partial charge >= 0.3 is 11.9 Å². The highest BCUT2D eigenvalue weighted by atomic mass is 16.5. The lowest BCUT2D eigenvalue weighted by molar-refractivity contribution is -0.131. The van der Waals surface area contributed by atoms with Gasteiger partial charge in [-0.1, -0.05) is 56.3 Å². The number of allylic oxidation sites excluding steroid dienone is 1. The Balaban J connectivity index is 1.57. The number of ether oxygens (including phenoxy) is 2.